The van der Waals surface area contributed by atoms with E-state index >= 15 is 0 Å². The van der Waals surface area contributed by atoms with Crippen LogP contribution in [0.15, 0.2) is 12.4 Å². The Bertz CT molecular complexity index is 506. The second kappa shape index (κ2) is 3.64. The molecule has 15 heavy (non-hydrogen) atoms. The molecule has 6 heteroatoms. The highest BCUT2D eigenvalue weighted by Crippen LogP contribution is 2.10. The van der Waals surface area contributed by atoms with Gasteiger partial charge in [0.05, 0.1) is 11.6 Å². The van der Waals surface area contributed by atoms with Gasteiger partial charge in [0.15, 0.2) is 5.65 Å². The second-order valence-electron chi connectivity index (χ2n) is 3.15. The molecule has 0 spiro atoms. The van der Waals surface area contributed by atoms with E-state index in [1.165, 1.54) is 6.20 Å². The van der Waals surface area contributed by atoms with Crippen LogP contribution in [-0.4, -0.2) is 30.8 Å². The van der Waals surface area contributed by atoms with Crippen LogP contribution in [0.2, 0.25) is 0 Å². The third-order valence-corrected chi connectivity index (χ3v) is 2.00. The Hall–Kier alpha value is -1.98. The van der Waals surface area contributed by atoms with Gasteiger partial charge in [-0.1, -0.05) is 6.92 Å². The van der Waals surface area contributed by atoms with E-state index in [2.05, 4.69) is 15.1 Å². The SMILES string of the molecule is CCCn1ncc2cnc(C(=O)O)nc21. The third-order valence-electron chi connectivity index (χ3n) is 2.00. The van der Waals surface area contributed by atoms with Crippen LogP contribution >= 0.6 is 0 Å². The number of rotatable bonds is 3. The predicted octanol–water partition coefficient (Wildman–Crippen LogP) is 0.934. The van der Waals surface area contributed by atoms with Gasteiger partial charge in [-0.3, -0.25) is 0 Å². The number of fused-ring (bicyclic) bond motifs is 1. The first-order valence-electron chi connectivity index (χ1n) is 4.64. The Morgan fingerprint density at radius 2 is 2.33 bits per heavy atom. The molecular formula is C9H10N4O2. The van der Waals surface area contributed by atoms with E-state index in [-0.39, 0.29) is 5.82 Å². The van der Waals surface area contributed by atoms with Crippen LogP contribution in [0.1, 0.15) is 24.0 Å². The summed E-state index contributed by atoms with van der Waals surface area (Å²) in [6, 6.07) is 0. The second-order valence-corrected chi connectivity index (χ2v) is 3.15. The minimum atomic E-state index is -1.12. The van der Waals surface area contributed by atoms with Gasteiger partial charge < -0.3 is 5.11 Å². The van der Waals surface area contributed by atoms with Crippen molar-refractivity contribution in [2.24, 2.45) is 0 Å². The fourth-order valence-electron chi connectivity index (χ4n) is 1.35. The van der Waals surface area contributed by atoms with E-state index in [1.807, 2.05) is 6.92 Å². The Kier molecular flexibility index (Phi) is 2.32. The lowest BCUT2D eigenvalue weighted by molar-refractivity contribution is 0.0684. The van der Waals surface area contributed by atoms with Gasteiger partial charge in [-0.2, -0.15) is 5.10 Å². The van der Waals surface area contributed by atoms with Gasteiger partial charge in [-0.25, -0.2) is 19.4 Å². The standard InChI is InChI=1S/C9H10N4O2/c1-2-3-13-8-6(5-11-13)4-10-7(12-8)9(14)15/h4-5H,2-3H2,1H3,(H,14,15). The van der Waals surface area contributed by atoms with Crippen LogP contribution in [0.3, 0.4) is 0 Å². The number of hydrogen-bond donors (Lipinski definition) is 1. The van der Waals surface area contributed by atoms with Crippen LogP contribution in [0.5, 0.6) is 0 Å². The van der Waals surface area contributed by atoms with Gasteiger partial charge in [-0.15, -0.1) is 0 Å². The van der Waals surface area contributed by atoms with Crippen molar-refractivity contribution >= 4 is 17.0 Å². The van der Waals surface area contributed by atoms with Crippen molar-refractivity contribution in [1.29, 1.82) is 0 Å². The molecule has 2 heterocycles. The van der Waals surface area contributed by atoms with Gasteiger partial charge in [0, 0.05) is 12.7 Å². The lowest BCUT2D eigenvalue weighted by atomic mass is 10.4. The van der Waals surface area contributed by atoms with Crippen LogP contribution in [0.25, 0.3) is 11.0 Å². The van der Waals surface area contributed by atoms with Crippen LogP contribution in [0.4, 0.5) is 0 Å². The van der Waals surface area contributed by atoms with Crippen molar-refractivity contribution in [3.8, 4) is 0 Å². The summed E-state index contributed by atoms with van der Waals surface area (Å²) in [6.07, 6.45) is 4.03. The summed E-state index contributed by atoms with van der Waals surface area (Å²) in [6.45, 7) is 2.74. The summed E-state index contributed by atoms with van der Waals surface area (Å²) in [5.41, 5.74) is 0.573. The number of carboxylic acids is 1. The zero-order chi connectivity index (χ0) is 10.8. The molecule has 0 aliphatic rings. The molecule has 0 atom stereocenters. The first-order chi connectivity index (χ1) is 7.22. The van der Waals surface area contributed by atoms with E-state index in [0.29, 0.717) is 5.65 Å². The van der Waals surface area contributed by atoms with Gasteiger partial charge in [0.1, 0.15) is 0 Å². The Morgan fingerprint density at radius 3 is 3.00 bits per heavy atom. The van der Waals surface area contributed by atoms with Gasteiger partial charge in [0.25, 0.3) is 0 Å². The molecule has 2 rings (SSSR count). The lowest BCUT2D eigenvalue weighted by Gasteiger charge is -1.99. The average Bonchev–Trinajstić information content (AvgIpc) is 2.61. The molecule has 0 aromatic carbocycles. The van der Waals surface area contributed by atoms with Gasteiger partial charge in [-0.05, 0) is 6.42 Å². The zero-order valence-corrected chi connectivity index (χ0v) is 8.21. The van der Waals surface area contributed by atoms with E-state index in [1.54, 1.807) is 10.9 Å². The molecule has 0 radical (unpaired) electrons. The molecule has 0 saturated heterocycles. The van der Waals surface area contributed by atoms with Crippen molar-refractivity contribution in [3.63, 3.8) is 0 Å². The van der Waals surface area contributed by atoms with Gasteiger partial charge in [0.2, 0.25) is 5.82 Å². The smallest absolute Gasteiger partial charge is 0.374 e. The highest BCUT2D eigenvalue weighted by atomic mass is 16.4. The molecule has 0 saturated carbocycles. The fraction of sp³-hybridized carbons (Fsp3) is 0.333. The minimum Gasteiger partial charge on any atom is -0.475 e. The van der Waals surface area contributed by atoms with Crippen LogP contribution < -0.4 is 0 Å². The maximum Gasteiger partial charge on any atom is 0.374 e. The highest BCUT2D eigenvalue weighted by Gasteiger charge is 2.10. The largest absolute Gasteiger partial charge is 0.475 e. The maximum absolute atomic E-state index is 10.7. The lowest BCUT2D eigenvalue weighted by Crippen LogP contribution is -2.06. The average molecular weight is 206 g/mol. The predicted molar refractivity (Wildman–Crippen MR) is 52.6 cm³/mol. The summed E-state index contributed by atoms with van der Waals surface area (Å²) in [5.74, 6) is -1.32. The number of aryl methyl sites for hydroxylation is 1. The monoisotopic (exact) mass is 206 g/mol. The number of nitrogens with zero attached hydrogens (tertiary/aromatic N) is 4. The highest BCUT2D eigenvalue weighted by molar-refractivity contribution is 5.86. The first kappa shape index (κ1) is 9.57. The Morgan fingerprint density at radius 1 is 1.53 bits per heavy atom. The van der Waals surface area contributed by atoms with Crippen molar-refractivity contribution in [3.05, 3.63) is 18.2 Å². The molecule has 0 aliphatic heterocycles. The molecule has 0 bridgehead atoms. The molecule has 1 N–H and O–H groups in total. The number of aromatic carboxylic acids is 1. The van der Waals surface area contributed by atoms with Crippen LogP contribution in [-0.2, 0) is 6.54 Å². The number of hydrogen-bond acceptors (Lipinski definition) is 4. The maximum atomic E-state index is 10.7. The molecule has 2 aromatic heterocycles. The topological polar surface area (TPSA) is 80.9 Å². The molecule has 2 aromatic rings. The molecule has 0 amide bonds. The van der Waals surface area contributed by atoms with Crippen molar-refractivity contribution in [2.45, 2.75) is 19.9 Å². The number of aromatic nitrogens is 4. The summed E-state index contributed by atoms with van der Waals surface area (Å²) in [7, 11) is 0. The Labute approximate surface area is 85.6 Å². The molecule has 0 fully saturated rings. The molecule has 6 nitrogen and oxygen atoms in total. The van der Waals surface area contributed by atoms with Gasteiger partial charge >= 0.3 is 5.97 Å². The summed E-state index contributed by atoms with van der Waals surface area (Å²) in [5, 5.41) is 13.6. The minimum absolute atomic E-state index is 0.194. The third kappa shape index (κ3) is 1.65. The van der Waals surface area contributed by atoms with E-state index < -0.39 is 5.97 Å². The van der Waals surface area contributed by atoms with Crippen molar-refractivity contribution in [1.82, 2.24) is 19.7 Å². The van der Waals surface area contributed by atoms with E-state index in [9.17, 15) is 4.79 Å². The molecule has 0 unspecified atom stereocenters. The summed E-state index contributed by atoms with van der Waals surface area (Å²) < 4.78 is 1.68. The Balaban J connectivity index is 2.56. The van der Waals surface area contributed by atoms with E-state index in [0.717, 1.165) is 18.4 Å². The normalized spacial score (nSPS) is 10.7. The molecular weight excluding hydrogens is 196 g/mol. The number of carboxylic acid groups (broad SMARTS) is 1. The zero-order valence-electron chi connectivity index (χ0n) is 8.21. The fourth-order valence-corrected chi connectivity index (χ4v) is 1.35. The summed E-state index contributed by atoms with van der Waals surface area (Å²) >= 11 is 0. The van der Waals surface area contributed by atoms with Crippen molar-refractivity contribution in [2.75, 3.05) is 0 Å². The van der Waals surface area contributed by atoms with Crippen LogP contribution in [0, 0.1) is 0 Å². The summed E-state index contributed by atoms with van der Waals surface area (Å²) in [4.78, 5) is 18.3. The molecule has 78 valence electrons. The molecule has 0 aliphatic carbocycles. The quantitative estimate of drug-likeness (QED) is 0.808. The van der Waals surface area contributed by atoms with E-state index in [4.69, 9.17) is 5.11 Å². The van der Waals surface area contributed by atoms with Crippen molar-refractivity contribution < 1.29 is 9.90 Å². The number of carbonyl (C=O) groups is 1. The first-order valence-corrected chi connectivity index (χ1v) is 4.64.